The summed E-state index contributed by atoms with van der Waals surface area (Å²) in [5.41, 5.74) is 4.21. The molecular weight excluding hydrogens is 328 g/mol. The summed E-state index contributed by atoms with van der Waals surface area (Å²) in [5.74, 6) is 0. The number of nitrogen functional groups attached to an aromatic ring is 1. The highest BCUT2D eigenvalue weighted by atomic mass is 127. The summed E-state index contributed by atoms with van der Waals surface area (Å²) in [4.78, 5) is 14.3. The van der Waals surface area contributed by atoms with Crippen LogP contribution in [0.5, 0.6) is 0 Å². The van der Waals surface area contributed by atoms with Gasteiger partial charge in [0.1, 0.15) is 9.39 Å². The van der Waals surface area contributed by atoms with E-state index in [0.717, 1.165) is 0 Å². The van der Waals surface area contributed by atoms with E-state index in [9.17, 15) is 13.6 Å². The molecule has 2 N–H and O–H groups in total. The summed E-state index contributed by atoms with van der Waals surface area (Å²) in [5, 5.41) is -1.03. The van der Waals surface area contributed by atoms with E-state index in [-0.39, 0.29) is 9.39 Å². The summed E-state index contributed by atoms with van der Waals surface area (Å²) in [6.07, 6.45) is -2.87. The monoisotopic (exact) mass is 332 g/mol. The highest BCUT2D eigenvalue weighted by Gasteiger charge is 2.22. The van der Waals surface area contributed by atoms with Crippen molar-refractivity contribution in [1.82, 2.24) is 4.98 Å². The van der Waals surface area contributed by atoms with Crippen LogP contribution in [0.2, 0.25) is 0 Å². The van der Waals surface area contributed by atoms with E-state index in [1.807, 2.05) is 0 Å². The van der Waals surface area contributed by atoms with Gasteiger partial charge in [-0.05, 0) is 40.3 Å². The molecule has 0 atom stereocenters. The average molecular weight is 332 g/mol. The van der Waals surface area contributed by atoms with Crippen molar-refractivity contribution < 1.29 is 13.6 Å². The zero-order valence-corrected chi connectivity index (χ0v) is 9.51. The molecule has 1 aromatic heterocycles. The Hall–Kier alpha value is -0.500. The molecular formula is C7H4ClF2IN2O. The predicted octanol–water partition coefficient (Wildman–Crippen LogP) is 2.59. The van der Waals surface area contributed by atoms with E-state index in [0.29, 0.717) is 0 Å². The van der Waals surface area contributed by atoms with Crippen LogP contribution >= 0.6 is 34.2 Å². The number of aromatic nitrogens is 1. The second kappa shape index (κ2) is 4.35. The SMILES string of the molecule is Nc1cc(I)nc(C(F)F)c1C(=O)Cl. The lowest BCUT2D eigenvalue weighted by Crippen LogP contribution is -2.07. The Balaban J connectivity index is 3.44. The fourth-order valence-electron chi connectivity index (χ4n) is 0.924. The van der Waals surface area contributed by atoms with Gasteiger partial charge in [-0.2, -0.15) is 0 Å². The molecule has 0 fully saturated rings. The molecule has 7 heteroatoms. The van der Waals surface area contributed by atoms with E-state index in [1.54, 1.807) is 22.6 Å². The largest absolute Gasteiger partial charge is 0.398 e. The van der Waals surface area contributed by atoms with Gasteiger partial charge in [0.2, 0.25) is 0 Å². The molecule has 0 aromatic carbocycles. The molecule has 0 saturated heterocycles. The molecule has 76 valence electrons. The van der Waals surface area contributed by atoms with Crippen LogP contribution in [0.15, 0.2) is 6.07 Å². The fraction of sp³-hybridized carbons (Fsp3) is 0.143. The van der Waals surface area contributed by atoms with Crippen molar-refractivity contribution >= 4 is 45.1 Å². The quantitative estimate of drug-likeness (QED) is 0.514. The van der Waals surface area contributed by atoms with Crippen molar-refractivity contribution in [3.63, 3.8) is 0 Å². The lowest BCUT2D eigenvalue weighted by molar-refractivity contribution is 0.106. The Morgan fingerprint density at radius 2 is 2.21 bits per heavy atom. The van der Waals surface area contributed by atoms with Gasteiger partial charge in [0.25, 0.3) is 11.7 Å². The van der Waals surface area contributed by atoms with Gasteiger partial charge in [-0.3, -0.25) is 4.79 Å². The Labute approximate surface area is 96.8 Å². The number of alkyl halides is 2. The van der Waals surface area contributed by atoms with E-state index in [4.69, 9.17) is 17.3 Å². The van der Waals surface area contributed by atoms with Gasteiger partial charge in [-0.15, -0.1) is 0 Å². The maximum atomic E-state index is 12.4. The minimum absolute atomic E-state index is 0.0836. The van der Waals surface area contributed by atoms with Gasteiger partial charge in [-0.25, -0.2) is 13.8 Å². The maximum Gasteiger partial charge on any atom is 0.281 e. The third-order valence-electron chi connectivity index (χ3n) is 1.45. The van der Waals surface area contributed by atoms with Gasteiger partial charge >= 0.3 is 0 Å². The van der Waals surface area contributed by atoms with Crippen molar-refractivity contribution in [2.75, 3.05) is 5.73 Å². The molecule has 1 heterocycles. The Bertz CT molecular complexity index is 386. The molecule has 0 bridgehead atoms. The molecule has 3 nitrogen and oxygen atoms in total. The van der Waals surface area contributed by atoms with Gasteiger partial charge in [0, 0.05) is 5.69 Å². The first-order chi connectivity index (χ1) is 6.43. The Kier molecular flexibility index (Phi) is 3.59. The number of carbonyl (C=O) groups excluding carboxylic acids is 1. The smallest absolute Gasteiger partial charge is 0.281 e. The normalized spacial score (nSPS) is 10.6. The number of nitrogens with two attached hydrogens (primary N) is 1. The molecule has 0 aliphatic rings. The molecule has 1 rings (SSSR count). The molecule has 0 amide bonds. The standard InChI is InChI=1S/C7H4ClF2IN2O/c8-6(14)4-2(12)1-3(11)13-5(4)7(9)10/h1,7H,(H2,12,13). The first-order valence-electron chi connectivity index (χ1n) is 3.37. The minimum Gasteiger partial charge on any atom is -0.398 e. The summed E-state index contributed by atoms with van der Waals surface area (Å²) in [6, 6.07) is 1.31. The Morgan fingerprint density at radius 3 is 2.64 bits per heavy atom. The number of carbonyl (C=O) groups is 1. The van der Waals surface area contributed by atoms with Crippen molar-refractivity contribution in [3.8, 4) is 0 Å². The molecule has 0 spiro atoms. The number of hydrogen-bond acceptors (Lipinski definition) is 3. The van der Waals surface area contributed by atoms with Crippen LogP contribution in [-0.2, 0) is 0 Å². The molecule has 0 saturated carbocycles. The van der Waals surface area contributed by atoms with Crippen LogP contribution in [0.1, 0.15) is 22.5 Å². The molecule has 0 aliphatic heterocycles. The first-order valence-corrected chi connectivity index (χ1v) is 4.83. The van der Waals surface area contributed by atoms with Crippen molar-refractivity contribution in [2.24, 2.45) is 0 Å². The molecule has 0 radical (unpaired) electrons. The van der Waals surface area contributed by atoms with E-state index < -0.39 is 22.9 Å². The highest BCUT2D eigenvalue weighted by Crippen LogP contribution is 2.27. The lowest BCUT2D eigenvalue weighted by Gasteiger charge is -2.07. The van der Waals surface area contributed by atoms with E-state index in [2.05, 4.69) is 4.98 Å². The zero-order valence-electron chi connectivity index (χ0n) is 6.60. The van der Waals surface area contributed by atoms with Crippen LogP contribution in [0.25, 0.3) is 0 Å². The molecule has 14 heavy (non-hydrogen) atoms. The summed E-state index contributed by atoms with van der Waals surface area (Å²) in [7, 11) is 0. The number of halogens is 4. The summed E-state index contributed by atoms with van der Waals surface area (Å²) >= 11 is 6.84. The summed E-state index contributed by atoms with van der Waals surface area (Å²) < 4.78 is 25.1. The maximum absolute atomic E-state index is 12.4. The highest BCUT2D eigenvalue weighted by molar-refractivity contribution is 14.1. The van der Waals surface area contributed by atoms with Gasteiger partial charge < -0.3 is 5.73 Å². The van der Waals surface area contributed by atoms with Crippen molar-refractivity contribution in [3.05, 3.63) is 21.0 Å². The molecule has 0 unspecified atom stereocenters. The number of nitrogens with zero attached hydrogens (tertiary/aromatic N) is 1. The molecule has 0 aliphatic carbocycles. The Morgan fingerprint density at radius 1 is 1.64 bits per heavy atom. The second-order valence-corrected chi connectivity index (χ2v) is 3.82. The van der Waals surface area contributed by atoms with Crippen LogP contribution in [0.3, 0.4) is 0 Å². The fourth-order valence-corrected chi connectivity index (χ4v) is 1.72. The van der Waals surface area contributed by atoms with Crippen LogP contribution in [0.4, 0.5) is 14.5 Å². The predicted molar refractivity (Wildman–Crippen MR) is 56.5 cm³/mol. The van der Waals surface area contributed by atoms with Gasteiger partial charge in [0.05, 0.1) is 5.56 Å². The van der Waals surface area contributed by atoms with Crippen LogP contribution < -0.4 is 5.73 Å². The second-order valence-electron chi connectivity index (χ2n) is 2.37. The first kappa shape index (κ1) is 11.6. The lowest BCUT2D eigenvalue weighted by atomic mass is 10.2. The van der Waals surface area contributed by atoms with E-state index in [1.165, 1.54) is 6.07 Å². The third-order valence-corrected chi connectivity index (χ3v) is 2.19. The van der Waals surface area contributed by atoms with Crippen molar-refractivity contribution in [1.29, 1.82) is 0 Å². The zero-order chi connectivity index (χ0) is 10.9. The van der Waals surface area contributed by atoms with Gasteiger partial charge in [0.15, 0.2) is 0 Å². The number of hydrogen-bond donors (Lipinski definition) is 1. The van der Waals surface area contributed by atoms with Crippen LogP contribution in [-0.4, -0.2) is 10.2 Å². The van der Waals surface area contributed by atoms with E-state index >= 15 is 0 Å². The topological polar surface area (TPSA) is 56.0 Å². The third kappa shape index (κ3) is 2.30. The number of rotatable bonds is 2. The van der Waals surface area contributed by atoms with Crippen LogP contribution in [0, 0.1) is 3.70 Å². The summed E-state index contributed by atoms with van der Waals surface area (Å²) in [6.45, 7) is 0. The minimum atomic E-state index is -2.87. The average Bonchev–Trinajstić information content (AvgIpc) is 2.01. The number of anilines is 1. The van der Waals surface area contributed by atoms with Crippen molar-refractivity contribution in [2.45, 2.75) is 6.43 Å². The molecule has 1 aromatic rings. The number of pyridine rings is 1. The van der Waals surface area contributed by atoms with Gasteiger partial charge in [-0.1, -0.05) is 0 Å².